The van der Waals surface area contributed by atoms with Crippen molar-refractivity contribution in [2.45, 2.75) is 25.6 Å². The molecule has 1 heterocycles. The van der Waals surface area contributed by atoms with Gasteiger partial charge in [0.05, 0.1) is 0 Å². The Kier molecular flexibility index (Phi) is 2.41. The van der Waals surface area contributed by atoms with Gasteiger partial charge in [0.2, 0.25) is 0 Å². The van der Waals surface area contributed by atoms with Crippen molar-refractivity contribution in [1.29, 1.82) is 0 Å². The molecule has 0 aromatic heterocycles. The molecular weight excluding hydrogens is 190 g/mol. The highest BCUT2D eigenvalue weighted by Gasteiger charge is 2.36. The van der Waals surface area contributed by atoms with Crippen LogP contribution in [-0.2, 0) is 0 Å². The summed E-state index contributed by atoms with van der Waals surface area (Å²) in [6.07, 6.45) is 0. The molecule has 0 aromatic carbocycles. The lowest BCUT2D eigenvalue weighted by Crippen LogP contribution is -2.23. The van der Waals surface area contributed by atoms with E-state index < -0.39 is 0 Å². The topological polar surface area (TPSA) is 3.24 Å². The monoisotopic (exact) mass is 205 g/mol. The summed E-state index contributed by atoms with van der Waals surface area (Å²) < 4.78 is 0. The summed E-state index contributed by atoms with van der Waals surface area (Å²) in [7, 11) is 0. The number of nitrogens with zero attached hydrogens (tertiary/aromatic N) is 1. The second-order valence-electron chi connectivity index (χ2n) is 3.78. The summed E-state index contributed by atoms with van der Waals surface area (Å²) in [5.74, 6) is 0. The second kappa shape index (κ2) is 2.82. The van der Waals surface area contributed by atoms with Crippen LogP contribution in [0, 0.1) is 5.41 Å². The minimum atomic E-state index is 0.468. The smallest absolute Gasteiger partial charge is 0.0336 e. The van der Waals surface area contributed by atoms with E-state index >= 15 is 0 Å². The third-order valence-electron chi connectivity index (χ3n) is 2.34. The van der Waals surface area contributed by atoms with Crippen LogP contribution in [0.25, 0.3) is 0 Å². The van der Waals surface area contributed by atoms with Gasteiger partial charge in [-0.05, 0) is 12.0 Å². The van der Waals surface area contributed by atoms with Gasteiger partial charge < -0.3 is 4.90 Å². The number of hydrogen-bond acceptors (Lipinski definition) is 1. The highest BCUT2D eigenvalue weighted by molar-refractivity contribution is 9.09. The lowest BCUT2D eigenvalue weighted by atomic mass is 9.93. The van der Waals surface area contributed by atoms with Gasteiger partial charge in [-0.25, -0.2) is 0 Å². The maximum absolute atomic E-state index is 3.70. The van der Waals surface area contributed by atoms with Crippen LogP contribution >= 0.6 is 15.9 Å². The zero-order chi connectivity index (χ0) is 7.78. The molecule has 0 aliphatic carbocycles. The Morgan fingerprint density at radius 1 is 1.60 bits per heavy atom. The fourth-order valence-electron chi connectivity index (χ4n) is 1.45. The van der Waals surface area contributed by atoms with E-state index in [4.69, 9.17) is 0 Å². The highest BCUT2D eigenvalue weighted by atomic mass is 79.9. The van der Waals surface area contributed by atoms with Crippen LogP contribution in [0.4, 0.5) is 0 Å². The van der Waals surface area contributed by atoms with Gasteiger partial charge in [0.1, 0.15) is 0 Å². The summed E-state index contributed by atoms with van der Waals surface area (Å²) in [5, 5.41) is 0. The van der Waals surface area contributed by atoms with Crippen molar-refractivity contribution in [1.82, 2.24) is 4.90 Å². The van der Waals surface area contributed by atoms with Crippen molar-refractivity contribution >= 4 is 15.9 Å². The zero-order valence-electron chi connectivity index (χ0n) is 7.02. The second-order valence-corrected chi connectivity index (χ2v) is 4.89. The van der Waals surface area contributed by atoms with Crippen LogP contribution in [0.15, 0.2) is 0 Å². The molecule has 10 heavy (non-hydrogen) atoms. The Morgan fingerprint density at radius 2 is 2.20 bits per heavy atom. The Labute approximate surface area is 71.9 Å². The molecule has 1 aliphatic heterocycles. The number of halogens is 1. The molecule has 2 heteroatoms. The van der Waals surface area contributed by atoms with E-state index in [0.717, 1.165) is 0 Å². The van der Waals surface area contributed by atoms with Gasteiger partial charge in [-0.2, -0.15) is 0 Å². The Hall–Kier alpha value is 0.440. The van der Waals surface area contributed by atoms with E-state index in [1.165, 1.54) is 19.6 Å². The third-order valence-corrected chi connectivity index (χ3v) is 3.87. The number of rotatable bonds is 1. The molecule has 0 amide bonds. The van der Waals surface area contributed by atoms with E-state index in [0.29, 0.717) is 10.2 Å². The summed E-state index contributed by atoms with van der Waals surface area (Å²) in [4.78, 5) is 3.17. The van der Waals surface area contributed by atoms with Gasteiger partial charge in [-0.3, -0.25) is 0 Å². The number of alkyl halides is 1. The molecule has 0 aromatic rings. The average molecular weight is 206 g/mol. The first-order valence-corrected chi connectivity index (χ1v) is 4.84. The predicted molar refractivity (Wildman–Crippen MR) is 48.6 cm³/mol. The molecule has 1 fully saturated rings. The van der Waals surface area contributed by atoms with Crippen LogP contribution < -0.4 is 0 Å². The van der Waals surface area contributed by atoms with Crippen LogP contribution in [0.2, 0.25) is 0 Å². The van der Waals surface area contributed by atoms with Crippen molar-refractivity contribution < 1.29 is 0 Å². The molecule has 1 atom stereocenters. The zero-order valence-corrected chi connectivity index (χ0v) is 8.61. The van der Waals surface area contributed by atoms with Crippen molar-refractivity contribution in [2.24, 2.45) is 5.41 Å². The summed E-state index contributed by atoms with van der Waals surface area (Å²) >= 11 is 3.70. The minimum absolute atomic E-state index is 0.468. The normalized spacial score (nSPS) is 33.0. The fourth-order valence-corrected chi connectivity index (χ4v) is 2.01. The van der Waals surface area contributed by atoms with Crippen molar-refractivity contribution in [3.63, 3.8) is 0 Å². The van der Waals surface area contributed by atoms with Crippen LogP contribution in [0.3, 0.4) is 0 Å². The largest absolute Gasteiger partial charge is 0.302 e. The average Bonchev–Trinajstić information content (AvgIpc) is 2.08. The van der Waals surface area contributed by atoms with E-state index in [2.05, 4.69) is 41.6 Å². The van der Waals surface area contributed by atoms with Gasteiger partial charge in [-0.15, -0.1) is 0 Å². The van der Waals surface area contributed by atoms with E-state index in [9.17, 15) is 0 Å². The summed E-state index contributed by atoms with van der Waals surface area (Å²) in [5.41, 5.74) is 0.468. The van der Waals surface area contributed by atoms with Crippen LogP contribution in [-0.4, -0.2) is 29.4 Å². The molecule has 1 rings (SSSR count). The molecule has 0 N–H and O–H groups in total. The van der Waals surface area contributed by atoms with E-state index in [-0.39, 0.29) is 0 Å². The quantitative estimate of drug-likeness (QED) is 0.594. The Morgan fingerprint density at radius 3 is 2.40 bits per heavy atom. The maximum Gasteiger partial charge on any atom is 0.0336 e. The summed E-state index contributed by atoms with van der Waals surface area (Å²) in [6.45, 7) is 10.5. The van der Waals surface area contributed by atoms with Gasteiger partial charge in [0, 0.05) is 17.9 Å². The van der Waals surface area contributed by atoms with Crippen molar-refractivity contribution in [3.8, 4) is 0 Å². The molecule has 1 saturated heterocycles. The van der Waals surface area contributed by atoms with E-state index in [1.807, 2.05) is 0 Å². The highest BCUT2D eigenvalue weighted by Crippen LogP contribution is 2.34. The third kappa shape index (κ3) is 1.54. The molecule has 0 radical (unpaired) electrons. The molecule has 1 nitrogen and oxygen atoms in total. The molecule has 0 bridgehead atoms. The van der Waals surface area contributed by atoms with E-state index in [1.54, 1.807) is 0 Å². The molecule has 1 aliphatic rings. The van der Waals surface area contributed by atoms with Gasteiger partial charge in [0.25, 0.3) is 0 Å². The molecule has 0 saturated carbocycles. The number of likely N-dealkylation sites (tertiary alicyclic amines) is 1. The van der Waals surface area contributed by atoms with Crippen molar-refractivity contribution in [2.75, 3.05) is 19.6 Å². The maximum atomic E-state index is 3.70. The first kappa shape index (κ1) is 8.54. The van der Waals surface area contributed by atoms with Gasteiger partial charge in [-0.1, -0.05) is 36.7 Å². The fraction of sp³-hybridized carbons (Fsp3) is 1.00. The lowest BCUT2D eigenvalue weighted by Gasteiger charge is -2.20. The standard InChI is InChI=1S/C8H16BrN/c1-4-10-5-7(9)8(2,3)6-10/h7H,4-6H2,1-3H3. The number of hydrogen-bond donors (Lipinski definition) is 0. The van der Waals surface area contributed by atoms with Gasteiger partial charge in [0.15, 0.2) is 0 Å². The molecule has 60 valence electrons. The predicted octanol–water partition coefficient (Wildman–Crippen LogP) is 2.11. The minimum Gasteiger partial charge on any atom is -0.302 e. The summed E-state index contributed by atoms with van der Waals surface area (Å²) in [6, 6.07) is 0. The first-order chi connectivity index (χ1) is 4.56. The first-order valence-electron chi connectivity index (χ1n) is 3.92. The molecule has 1 unspecified atom stereocenters. The van der Waals surface area contributed by atoms with Crippen molar-refractivity contribution in [3.05, 3.63) is 0 Å². The van der Waals surface area contributed by atoms with Crippen LogP contribution in [0.5, 0.6) is 0 Å². The Balaban J connectivity index is 2.53. The SMILES string of the molecule is CCN1CC(Br)C(C)(C)C1. The molecule has 0 spiro atoms. The Bertz CT molecular complexity index is 122. The molecular formula is C8H16BrN. The lowest BCUT2D eigenvalue weighted by molar-refractivity contribution is 0.304. The van der Waals surface area contributed by atoms with Gasteiger partial charge >= 0.3 is 0 Å². The van der Waals surface area contributed by atoms with Crippen LogP contribution in [0.1, 0.15) is 20.8 Å².